The Labute approximate surface area is 123 Å². The van der Waals surface area contributed by atoms with Gasteiger partial charge in [0.25, 0.3) is 0 Å². The van der Waals surface area contributed by atoms with Gasteiger partial charge in [-0.25, -0.2) is 0 Å². The largest absolute Gasteiger partial charge is 0.398 e. The van der Waals surface area contributed by atoms with Crippen molar-refractivity contribution in [3.8, 4) is 0 Å². The molecule has 100 valence electrons. The van der Waals surface area contributed by atoms with Gasteiger partial charge in [-0.3, -0.25) is 4.90 Å². The van der Waals surface area contributed by atoms with E-state index in [9.17, 15) is 0 Å². The van der Waals surface area contributed by atoms with E-state index in [-0.39, 0.29) is 0 Å². The molecular formula is C16H19BrN2. The zero-order chi connectivity index (χ0) is 13.8. The molecule has 2 aromatic rings. The van der Waals surface area contributed by atoms with Crippen LogP contribution in [0.5, 0.6) is 0 Å². The molecule has 19 heavy (non-hydrogen) atoms. The number of nitrogens with two attached hydrogens (primary N) is 1. The molecule has 0 radical (unpaired) electrons. The van der Waals surface area contributed by atoms with Crippen molar-refractivity contribution in [1.29, 1.82) is 0 Å². The quantitative estimate of drug-likeness (QED) is 0.864. The SMILES string of the molecule is Cc1cccc(CN(C)Cc2ccc(N)c(Br)c2)c1. The summed E-state index contributed by atoms with van der Waals surface area (Å²) in [4.78, 5) is 2.30. The first-order chi connectivity index (χ1) is 9.04. The average molecular weight is 319 g/mol. The Kier molecular flexibility index (Phi) is 4.61. The molecule has 3 heteroatoms. The van der Waals surface area contributed by atoms with Gasteiger partial charge in [0.2, 0.25) is 0 Å². The summed E-state index contributed by atoms with van der Waals surface area (Å²) < 4.78 is 0.967. The van der Waals surface area contributed by atoms with Crippen LogP contribution in [0.15, 0.2) is 46.9 Å². The van der Waals surface area contributed by atoms with Crippen LogP contribution in [-0.4, -0.2) is 11.9 Å². The molecule has 0 unspecified atom stereocenters. The van der Waals surface area contributed by atoms with Crippen molar-refractivity contribution in [3.63, 3.8) is 0 Å². The van der Waals surface area contributed by atoms with Crippen LogP contribution >= 0.6 is 15.9 Å². The summed E-state index contributed by atoms with van der Waals surface area (Å²) in [5.41, 5.74) is 10.5. The maximum Gasteiger partial charge on any atom is 0.0458 e. The van der Waals surface area contributed by atoms with E-state index >= 15 is 0 Å². The molecule has 0 aliphatic rings. The molecule has 2 rings (SSSR count). The molecule has 2 nitrogen and oxygen atoms in total. The Hall–Kier alpha value is -1.32. The highest BCUT2D eigenvalue weighted by atomic mass is 79.9. The van der Waals surface area contributed by atoms with Crippen molar-refractivity contribution >= 4 is 21.6 Å². The Morgan fingerprint density at radius 1 is 1.05 bits per heavy atom. The molecule has 0 saturated heterocycles. The molecule has 2 aromatic carbocycles. The first-order valence-electron chi connectivity index (χ1n) is 6.32. The highest BCUT2D eigenvalue weighted by molar-refractivity contribution is 9.10. The highest BCUT2D eigenvalue weighted by Crippen LogP contribution is 2.21. The van der Waals surface area contributed by atoms with E-state index in [1.165, 1.54) is 16.7 Å². The Morgan fingerprint density at radius 2 is 1.74 bits per heavy atom. The van der Waals surface area contributed by atoms with Gasteiger partial charge in [0, 0.05) is 23.2 Å². The minimum atomic E-state index is 0.782. The number of halogens is 1. The zero-order valence-electron chi connectivity index (χ0n) is 11.4. The molecule has 0 heterocycles. The molecule has 0 atom stereocenters. The van der Waals surface area contributed by atoms with Gasteiger partial charge >= 0.3 is 0 Å². The van der Waals surface area contributed by atoms with Crippen molar-refractivity contribution in [3.05, 3.63) is 63.6 Å². The molecule has 0 bridgehead atoms. The van der Waals surface area contributed by atoms with Crippen LogP contribution in [0.1, 0.15) is 16.7 Å². The number of anilines is 1. The van der Waals surface area contributed by atoms with Crippen LogP contribution < -0.4 is 5.73 Å². The fourth-order valence-corrected chi connectivity index (χ4v) is 2.58. The van der Waals surface area contributed by atoms with Crippen molar-refractivity contribution < 1.29 is 0 Å². The van der Waals surface area contributed by atoms with E-state index in [1.807, 2.05) is 6.07 Å². The molecule has 0 aromatic heterocycles. The van der Waals surface area contributed by atoms with Crippen LogP contribution in [0, 0.1) is 6.92 Å². The van der Waals surface area contributed by atoms with E-state index in [1.54, 1.807) is 0 Å². The van der Waals surface area contributed by atoms with Crippen LogP contribution in [0.3, 0.4) is 0 Å². The number of hydrogen-bond donors (Lipinski definition) is 1. The standard InChI is InChI=1S/C16H19BrN2/c1-12-4-3-5-13(8-12)10-19(2)11-14-6-7-16(18)15(17)9-14/h3-9H,10-11,18H2,1-2H3. The minimum Gasteiger partial charge on any atom is -0.398 e. The van der Waals surface area contributed by atoms with Gasteiger partial charge in [-0.2, -0.15) is 0 Å². The third-order valence-electron chi connectivity index (χ3n) is 3.05. The normalized spacial score (nSPS) is 10.9. The van der Waals surface area contributed by atoms with Gasteiger partial charge in [-0.05, 0) is 53.2 Å². The number of nitrogen functional groups attached to an aromatic ring is 1. The molecule has 0 saturated carbocycles. The maximum atomic E-state index is 5.80. The summed E-state index contributed by atoms with van der Waals surface area (Å²) in [6, 6.07) is 14.7. The predicted molar refractivity (Wildman–Crippen MR) is 84.9 cm³/mol. The minimum absolute atomic E-state index is 0.782. The fourth-order valence-electron chi connectivity index (χ4n) is 2.16. The average Bonchev–Trinajstić information content (AvgIpc) is 2.34. The summed E-state index contributed by atoms with van der Waals surface area (Å²) in [6.45, 7) is 3.98. The number of nitrogens with zero attached hydrogens (tertiary/aromatic N) is 1. The van der Waals surface area contributed by atoms with Crippen LogP contribution in [0.25, 0.3) is 0 Å². The van der Waals surface area contributed by atoms with Gasteiger partial charge < -0.3 is 5.73 Å². The third kappa shape index (κ3) is 4.08. The summed E-state index contributed by atoms with van der Waals surface area (Å²) >= 11 is 3.47. The second kappa shape index (κ2) is 6.22. The van der Waals surface area contributed by atoms with E-state index in [4.69, 9.17) is 5.73 Å². The molecule has 0 fully saturated rings. The van der Waals surface area contributed by atoms with E-state index in [2.05, 4.69) is 71.2 Å². The lowest BCUT2D eigenvalue weighted by Gasteiger charge is -2.17. The third-order valence-corrected chi connectivity index (χ3v) is 3.74. The van der Waals surface area contributed by atoms with Crippen LogP contribution in [0.4, 0.5) is 5.69 Å². The zero-order valence-corrected chi connectivity index (χ0v) is 12.9. The van der Waals surface area contributed by atoms with Gasteiger partial charge in [-0.1, -0.05) is 35.9 Å². The van der Waals surface area contributed by atoms with Crippen molar-refractivity contribution in [2.45, 2.75) is 20.0 Å². The van der Waals surface area contributed by atoms with Crippen molar-refractivity contribution in [2.75, 3.05) is 12.8 Å². The van der Waals surface area contributed by atoms with Gasteiger partial charge in [0.05, 0.1) is 0 Å². The molecule has 0 aliphatic heterocycles. The molecule has 0 spiro atoms. The molecular weight excluding hydrogens is 300 g/mol. The first kappa shape index (κ1) is 14.1. The molecule has 0 amide bonds. The summed E-state index contributed by atoms with van der Waals surface area (Å²) in [5, 5.41) is 0. The lowest BCUT2D eigenvalue weighted by molar-refractivity contribution is 0.319. The smallest absolute Gasteiger partial charge is 0.0458 e. The second-order valence-corrected chi connectivity index (χ2v) is 5.87. The topological polar surface area (TPSA) is 29.3 Å². The number of rotatable bonds is 4. The van der Waals surface area contributed by atoms with Gasteiger partial charge in [0.15, 0.2) is 0 Å². The summed E-state index contributed by atoms with van der Waals surface area (Å²) in [5.74, 6) is 0. The van der Waals surface area contributed by atoms with Crippen LogP contribution in [-0.2, 0) is 13.1 Å². The Balaban J connectivity index is 2.01. The second-order valence-electron chi connectivity index (χ2n) is 5.02. The highest BCUT2D eigenvalue weighted by Gasteiger charge is 2.04. The Morgan fingerprint density at radius 3 is 2.37 bits per heavy atom. The number of benzene rings is 2. The lowest BCUT2D eigenvalue weighted by atomic mass is 10.1. The van der Waals surface area contributed by atoms with E-state index in [0.29, 0.717) is 0 Å². The van der Waals surface area contributed by atoms with E-state index in [0.717, 1.165) is 23.2 Å². The monoisotopic (exact) mass is 318 g/mol. The Bertz CT molecular complexity index is 566. The van der Waals surface area contributed by atoms with Crippen molar-refractivity contribution in [2.24, 2.45) is 0 Å². The fraction of sp³-hybridized carbons (Fsp3) is 0.250. The predicted octanol–water partition coefficient (Wildman–Crippen LogP) is 3.97. The lowest BCUT2D eigenvalue weighted by Crippen LogP contribution is -2.17. The number of aryl methyl sites for hydroxylation is 1. The molecule has 0 aliphatic carbocycles. The van der Waals surface area contributed by atoms with Gasteiger partial charge in [0.1, 0.15) is 0 Å². The van der Waals surface area contributed by atoms with Crippen LogP contribution in [0.2, 0.25) is 0 Å². The first-order valence-corrected chi connectivity index (χ1v) is 7.12. The number of hydrogen-bond acceptors (Lipinski definition) is 2. The summed E-state index contributed by atoms with van der Waals surface area (Å²) in [6.07, 6.45) is 0. The van der Waals surface area contributed by atoms with E-state index < -0.39 is 0 Å². The molecule has 2 N–H and O–H groups in total. The maximum absolute atomic E-state index is 5.80. The van der Waals surface area contributed by atoms with Gasteiger partial charge in [-0.15, -0.1) is 0 Å². The van der Waals surface area contributed by atoms with Crippen molar-refractivity contribution in [1.82, 2.24) is 4.90 Å². The summed E-state index contributed by atoms with van der Waals surface area (Å²) in [7, 11) is 2.13.